The summed E-state index contributed by atoms with van der Waals surface area (Å²) in [4.78, 5) is 30.4. The number of thioether (sulfide) groups is 1. The highest BCUT2D eigenvalue weighted by molar-refractivity contribution is 7.97. The Morgan fingerprint density at radius 1 is 1.29 bits per heavy atom. The molecule has 1 aliphatic heterocycles. The molecular weight excluding hydrogens is 324 g/mol. The second-order valence-electron chi connectivity index (χ2n) is 6.09. The number of fused-ring (bicyclic) bond motifs is 1. The first-order chi connectivity index (χ1) is 11.6. The summed E-state index contributed by atoms with van der Waals surface area (Å²) in [5.74, 6) is 1.40. The van der Waals surface area contributed by atoms with Crippen LogP contribution < -0.4 is 5.73 Å². The van der Waals surface area contributed by atoms with E-state index in [1.165, 1.54) is 0 Å². The van der Waals surface area contributed by atoms with Crippen molar-refractivity contribution in [3.05, 3.63) is 30.1 Å². The van der Waals surface area contributed by atoms with Crippen molar-refractivity contribution in [1.82, 2.24) is 14.5 Å². The van der Waals surface area contributed by atoms with Gasteiger partial charge in [0.05, 0.1) is 16.8 Å². The lowest BCUT2D eigenvalue weighted by molar-refractivity contribution is -0.135. The number of hydrogen-bond acceptors (Lipinski definition) is 4. The second kappa shape index (κ2) is 7.25. The molecule has 24 heavy (non-hydrogen) atoms. The van der Waals surface area contributed by atoms with Crippen LogP contribution in [-0.2, 0) is 21.9 Å². The lowest BCUT2D eigenvalue weighted by Crippen LogP contribution is -2.43. The molecule has 3 rings (SSSR count). The van der Waals surface area contributed by atoms with Crippen molar-refractivity contribution in [2.24, 2.45) is 11.7 Å². The van der Waals surface area contributed by atoms with Crippen LogP contribution in [0, 0.1) is 5.92 Å². The van der Waals surface area contributed by atoms with Crippen LogP contribution in [-0.4, -0.2) is 45.6 Å². The van der Waals surface area contributed by atoms with Gasteiger partial charge in [-0.2, -0.15) is 11.8 Å². The molecule has 0 bridgehead atoms. The number of para-hydroxylation sites is 2. The van der Waals surface area contributed by atoms with E-state index in [0.717, 1.165) is 22.6 Å². The van der Waals surface area contributed by atoms with Crippen molar-refractivity contribution in [2.45, 2.75) is 25.1 Å². The molecule has 0 spiro atoms. The maximum absolute atomic E-state index is 12.7. The summed E-state index contributed by atoms with van der Waals surface area (Å²) >= 11 is 1.69. The van der Waals surface area contributed by atoms with Gasteiger partial charge in [0.2, 0.25) is 11.8 Å². The summed E-state index contributed by atoms with van der Waals surface area (Å²) in [6.45, 7) is 1.48. The van der Waals surface area contributed by atoms with Gasteiger partial charge in [-0.05, 0) is 31.2 Å². The van der Waals surface area contributed by atoms with E-state index in [1.807, 2.05) is 40.0 Å². The quantitative estimate of drug-likeness (QED) is 0.892. The molecule has 2 N–H and O–H groups in total. The predicted octanol–water partition coefficient (Wildman–Crippen LogP) is 1.62. The molecule has 7 heteroatoms. The Labute approximate surface area is 145 Å². The number of imidazole rings is 1. The van der Waals surface area contributed by atoms with E-state index >= 15 is 0 Å². The first-order valence-corrected chi connectivity index (χ1v) is 9.49. The number of amides is 2. The van der Waals surface area contributed by atoms with Crippen molar-refractivity contribution in [1.29, 1.82) is 0 Å². The standard InChI is InChI=1S/C17H22N4O2S/c1-24-11-15-19-13-4-2-3-5-14(13)21(15)10-16(22)20-8-6-12(7-9-20)17(18)23/h2-5,12H,6-11H2,1H3,(H2,18,23). The maximum Gasteiger partial charge on any atom is 0.242 e. The van der Waals surface area contributed by atoms with E-state index in [4.69, 9.17) is 5.73 Å². The summed E-state index contributed by atoms with van der Waals surface area (Å²) in [6, 6.07) is 7.89. The molecule has 0 radical (unpaired) electrons. The predicted molar refractivity (Wildman–Crippen MR) is 95.5 cm³/mol. The Balaban J connectivity index is 1.76. The molecule has 0 unspecified atom stereocenters. The zero-order chi connectivity index (χ0) is 17.1. The van der Waals surface area contributed by atoms with Crippen molar-refractivity contribution in [3.8, 4) is 0 Å². The van der Waals surface area contributed by atoms with Gasteiger partial charge in [-0.3, -0.25) is 9.59 Å². The van der Waals surface area contributed by atoms with Gasteiger partial charge in [0.1, 0.15) is 12.4 Å². The number of hydrogen-bond donors (Lipinski definition) is 1. The highest BCUT2D eigenvalue weighted by atomic mass is 32.2. The van der Waals surface area contributed by atoms with Gasteiger partial charge in [-0.15, -0.1) is 0 Å². The smallest absolute Gasteiger partial charge is 0.242 e. The number of carbonyl (C=O) groups is 2. The normalized spacial score (nSPS) is 15.8. The van der Waals surface area contributed by atoms with Gasteiger partial charge in [-0.1, -0.05) is 12.1 Å². The zero-order valence-corrected chi connectivity index (χ0v) is 14.6. The van der Waals surface area contributed by atoms with Crippen LogP contribution in [0.3, 0.4) is 0 Å². The molecule has 0 aliphatic carbocycles. The van der Waals surface area contributed by atoms with Crippen LogP contribution in [0.25, 0.3) is 11.0 Å². The minimum absolute atomic E-state index is 0.0726. The molecule has 128 valence electrons. The van der Waals surface area contributed by atoms with Crippen LogP contribution in [0.4, 0.5) is 0 Å². The monoisotopic (exact) mass is 346 g/mol. The molecule has 0 saturated carbocycles. The topological polar surface area (TPSA) is 81.2 Å². The Morgan fingerprint density at radius 2 is 2.00 bits per heavy atom. The van der Waals surface area contributed by atoms with E-state index in [9.17, 15) is 9.59 Å². The van der Waals surface area contributed by atoms with Crippen LogP contribution in [0.5, 0.6) is 0 Å². The highest BCUT2D eigenvalue weighted by Gasteiger charge is 2.26. The summed E-state index contributed by atoms with van der Waals surface area (Å²) in [6.07, 6.45) is 3.34. The van der Waals surface area contributed by atoms with E-state index in [2.05, 4.69) is 4.98 Å². The largest absolute Gasteiger partial charge is 0.369 e. The molecule has 2 heterocycles. The van der Waals surface area contributed by atoms with Crippen molar-refractivity contribution >= 4 is 34.6 Å². The van der Waals surface area contributed by atoms with Gasteiger partial charge in [-0.25, -0.2) is 4.98 Å². The fourth-order valence-electron chi connectivity index (χ4n) is 3.19. The second-order valence-corrected chi connectivity index (χ2v) is 6.96. The van der Waals surface area contributed by atoms with Gasteiger partial charge >= 0.3 is 0 Å². The Bertz CT molecular complexity index is 750. The third kappa shape index (κ3) is 3.40. The lowest BCUT2D eigenvalue weighted by atomic mass is 9.96. The first kappa shape index (κ1) is 16.8. The number of benzene rings is 1. The molecule has 1 saturated heterocycles. The van der Waals surface area contributed by atoms with Gasteiger partial charge in [0, 0.05) is 19.0 Å². The summed E-state index contributed by atoms with van der Waals surface area (Å²) < 4.78 is 2.01. The fourth-order valence-corrected chi connectivity index (χ4v) is 3.67. The van der Waals surface area contributed by atoms with Gasteiger partial charge < -0.3 is 15.2 Å². The Kier molecular flexibility index (Phi) is 5.08. The summed E-state index contributed by atoms with van der Waals surface area (Å²) in [5, 5.41) is 0. The lowest BCUT2D eigenvalue weighted by Gasteiger charge is -2.30. The van der Waals surface area contributed by atoms with E-state index in [1.54, 1.807) is 11.8 Å². The first-order valence-electron chi connectivity index (χ1n) is 8.10. The molecule has 2 aromatic rings. The molecule has 1 aliphatic rings. The van der Waals surface area contributed by atoms with Crippen molar-refractivity contribution in [2.75, 3.05) is 19.3 Å². The van der Waals surface area contributed by atoms with E-state index in [-0.39, 0.29) is 24.3 Å². The Morgan fingerprint density at radius 3 is 2.67 bits per heavy atom. The summed E-state index contributed by atoms with van der Waals surface area (Å²) in [7, 11) is 0. The SMILES string of the molecule is CSCc1nc2ccccc2n1CC(=O)N1CCC(C(N)=O)CC1. The van der Waals surface area contributed by atoms with Gasteiger partial charge in [0.25, 0.3) is 0 Å². The fraction of sp³-hybridized carbons (Fsp3) is 0.471. The van der Waals surface area contributed by atoms with E-state index in [0.29, 0.717) is 25.9 Å². The third-order valence-corrected chi connectivity index (χ3v) is 5.10. The number of aromatic nitrogens is 2. The van der Waals surface area contributed by atoms with Gasteiger partial charge in [0.15, 0.2) is 0 Å². The Hall–Kier alpha value is -2.02. The minimum atomic E-state index is -0.259. The number of nitrogens with zero attached hydrogens (tertiary/aromatic N) is 3. The number of nitrogens with two attached hydrogens (primary N) is 1. The maximum atomic E-state index is 12.7. The minimum Gasteiger partial charge on any atom is -0.369 e. The third-order valence-electron chi connectivity index (χ3n) is 4.55. The number of likely N-dealkylation sites (tertiary alicyclic amines) is 1. The molecule has 0 atom stereocenters. The van der Waals surface area contributed by atoms with Crippen LogP contribution in [0.15, 0.2) is 24.3 Å². The number of carbonyl (C=O) groups excluding carboxylic acids is 2. The zero-order valence-electron chi connectivity index (χ0n) is 13.8. The van der Waals surface area contributed by atoms with E-state index < -0.39 is 0 Å². The average Bonchev–Trinajstić information content (AvgIpc) is 2.93. The van der Waals surface area contributed by atoms with Crippen LogP contribution in [0.1, 0.15) is 18.7 Å². The van der Waals surface area contributed by atoms with Crippen molar-refractivity contribution in [3.63, 3.8) is 0 Å². The molecule has 1 aromatic heterocycles. The summed E-state index contributed by atoms with van der Waals surface area (Å²) in [5.41, 5.74) is 7.26. The molecule has 6 nitrogen and oxygen atoms in total. The van der Waals surface area contributed by atoms with Crippen molar-refractivity contribution < 1.29 is 9.59 Å². The molecule has 1 fully saturated rings. The number of piperidine rings is 1. The average molecular weight is 346 g/mol. The number of primary amides is 1. The highest BCUT2D eigenvalue weighted by Crippen LogP contribution is 2.21. The molecular formula is C17H22N4O2S. The molecule has 1 aromatic carbocycles. The van der Waals surface area contributed by atoms with Crippen LogP contribution in [0.2, 0.25) is 0 Å². The molecule has 2 amide bonds. The number of rotatable bonds is 5. The van der Waals surface area contributed by atoms with Crippen LogP contribution >= 0.6 is 11.8 Å².